The van der Waals surface area contributed by atoms with Crippen molar-refractivity contribution in [1.29, 1.82) is 0 Å². The molecule has 0 aliphatic heterocycles. The Morgan fingerprint density at radius 3 is 2.56 bits per heavy atom. The number of hydrogen-bond acceptors (Lipinski definition) is 3. The predicted molar refractivity (Wildman–Crippen MR) is 72.8 cm³/mol. The maximum atomic E-state index is 11.0. The van der Waals surface area contributed by atoms with Gasteiger partial charge in [-0.3, -0.25) is 10.1 Å². The van der Waals surface area contributed by atoms with Crippen LogP contribution in [-0.4, -0.2) is 18.0 Å². The molecule has 1 aromatic carbocycles. The Hall–Kier alpha value is -0.690. The average Bonchev–Trinajstić information content (AvgIpc) is 2.26. The first kappa shape index (κ1) is 13.4. The summed E-state index contributed by atoms with van der Waals surface area (Å²) in [6.07, 6.45) is 0. The molecule has 0 aliphatic rings. The molecule has 0 aromatic heterocycles. The van der Waals surface area contributed by atoms with E-state index < -0.39 is 0 Å². The van der Waals surface area contributed by atoms with Crippen molar-refractivity contribution in [3.63, 3.8) is 0 Å². The first-order chi connectivity index (χ1) is 7.47. The summed E-state index contributed by atoms with van der Waals surface area (Å²) in [4.78, 5) is 10.7. The number of nitro groups is 1. The zero-order valence-corrected chi connectivity index (χ0v) is 11.7. The molecular weight excluding hydrogens is 319 g/mol. The van der Waals surface area contributed by atoms with Crippen molar-refractivity contribution in [2.24, 2.45) is 0 Å². The van der Waals surface area contributed by atoms with Crippen molar-refractivity contribution < 1.29 is 4.92 Å². The fourth-order valence-corrected chi connectivity index (χ4v) is 2.05. The van der Waals surface area contributed by atoms with Gasteiger partial charge in [0.25, 0.3) is 5.69 Å². The zero-order valence-electron chi connectivity index (χ0n) is 9.53. The second-order valence-corrected chi connectivity index (χ2v) is 5.07. The molecule has 5 heteroatoms. The molecule has 0 amide bonds. The lowest BCUT2D eigenvalue weighted by molar-refractivity contribution is -0.385. The summed E-state index contributed by atoms with van der Waals surface area (Å²) in [7, 11) is 1.86. The van der Waals surface area contributed by atoms with Crippen LogP contribution in [0.5, 0.6) is 0 Å². The molecule has 0 saturated heterocycles. The Morgan fingerprint density at radius 2 is 2.06 bits per heavy atom. The summed E-state index contributed by atoms with van der Waals surface area (Å²) >= 11 is 2.09. The van der Waals surface area contributed by atoms with Gasteiger partial charge in [0, 0.05) is 27.2 Å². The van der Waals surface area contributed by atoms with Crippen molar-refractivity contribution in [2.45, 2.75) is 25.8 Å². The van der Waals surface area contributed by atoms with Crippen molar-refractivity contribution in [2.75, 3.05) is 7.05 Å². The second kappa shape index (κ2) is 5.58. The standard InChI is InChI=1S/C11H15IN2O2/c1-7(8(2)13-3)10-5-4-9(12)6-11(10)14(15)16/h4-8,13H,1-3H3. The molecule has 0 radical (unpaired) electrons. The van der Waals surface area contributed by atoms with Crippen LogP contribution >= 0.6 is 22.6 Å². The number of halogens is 1. The van der Waals surface area contributed by atoms with E-state index in [0.717, 1.165) is 9.13 Å². The second-order valence-electron chi connectivity index (χ2n) is 3.83. The molecule has 2 unspecified atom stereocenters. The van der Waals surface area contributed by atoms with Gasteiger partial charge in [-0.1, -0.05) is 13.0 Å². The topological polar surface area (TPSA) is 55.2 Å². The van der Waals surface area contributed by atoms with Crippen LogP contribution in [0.4, 0.5) is 5.69 Å². The SMILES string of the molecule is CNC(C)C(C)c1ccc(I)cc1[N+](=O)[O-]. The van der Waals surface area contributed by atoms with Crippen LogP contribution in [0.2, 0.25) is 0 Å². The summed E-state index contributed by atoms with van der Waals surface area (Å²) in [5.74, 6) is 0.113. The highest BCUT2D eigenvalue weighted by molar-refractivity contribution is 14.1. The van der Waals surface area contributed by atoms with Crippen LogP contribution in [0, 0.1) is 13.7 Å². The van der Waals surface area contributed by atoms with Gasteiger partial charge in [0.15, 0.2) is 0 Å². The minimum Gasteiger partial charge on any atom is -0.317 e. The van der Waals surface area contributed by atoms with Crippen LogP contribution in [0.1, 0.15) is 25.3 Å². The summed E-state index contributed by atoms with van der Waals surface area (Å²) in [5.41, 5.74) is 0.994. The number of rotatable bonds is 4. The highest BCUT2D eigenvalue weighted by Gasteiger charge is 2.22. The number of nitrogens with zero attached hydrogens (tertiary/aromatic N) is 1. The fourth-order valence-electron chi connectivity index (χ4n) is 1.58. The zero-order chi connectivity index (χ0) is 12.3. The van der Waals surface area contributed by atoms with Gasteiger partial charge in [0.05, 0.1) is 4.92 Å². The predicted octanol–water partition coefficient (Wildman–Crippen LogP) is 2.91. The van der Waals surface area contributed by atoms with E-state index in [-0.39, 0.29) is 22.6 Å². The normalized spacial score (nSPS) is 14.5. The van der Waals surface area contributed by atoms with E-state index in [1.54, 1.807) is 6.07 Å². The van der Waals surface area contributed by atoms with E-state index in [1.807, 2.05) is 33.0 Å². The Labute approximate surface area is 109 Å². The molecule has 1 aromatic rings. The van der Waals surface area contributed by atoms with Crippen LogP contribution in [-0.2, 0) is 0 Å². The highest BCUT2D eigenvalue weighted by Crippen LogP contribution is 2.29. The minimum atomic E-state index is -0.309. The summed E-state index contributed by atoms with van der Waals surface area (Å²) in [5, 5.41) is 14.1. The van der Waals surface area contributed by atoms with E-state index in [9.17, 15) is 10.1 Å². The minimum absolute atomic E-state index is 0.113. The molecule has 1 rings (SSSR count). The Morgan fingerprint density at radius 1 is 1.44 bits per heavy atom. The van der Waals surface area contributed by atoms with Crippen LogP contribution in [0.3, 0.4) is 0 Å². The first-order valence-electron chi connectivity index (χ1n) is 5.08. The monoisotopic (exact) mass is 334 g/mol. The largest absolute Gasteiger partial charge is 0.317 e. The molecule has 88 valence electrons. The van der Waals surface area contributed by atoms with E-state index in [4.69, 9.17) is 0 Å². The summed E-state index contributed by atoms with van der Waals surface area (Å²) in [6.45, 7) is 4.02. The third-order valence-electron chi connectivity index (χ3n) is 2.89. The Bertz CT molecular complexity index is 396. The molecule has 0 fully saturated rings. The molecule has 0 bridgehead atoms. The van der Waals surface area contributed by atoms with Crippen molar-refractivity contribution in [1.82, 2.24) is 5.32 Å². The third kappa shape index (κ3) is 2.91. The van der Waals surface area contributed by atoms with Gasteiger partial charge in [-0.05, 0) is 42.6 Å². The lowest BCUT2D eigenvalue weighted by atomic mass is 9.93. The van der Waals surface area contributed by atoms with E-state index >= 15 is 0 Å². The van der Waals surface area contributed by atoms with Gasteiger partial charge in [0.1, 0.15) is 0 Å². The van der Waals surface area contributed by atoms with Gasteiger partial charge in [-0.25, -0.2) is 0 Å². The van der Waals surface area contributed by atoms with Crippen LogP contribution < -0.4 is 5.32 Å². The molecule has 16 heavy (non-hydrogen) atoms. The average molecular weight is 334 g/mol. The molecule has 4 nitrogen and oxygen atoms in total. The smallest absolute Gasteiger partial charge is 0.273 e. The quantitative estimate of drug-likeness (QED) is 0.523. The van der Waals surface area contributed by atoms with Gasteiger partial charge < -0.3 is 5.32 Å². The molecule has 0 saturated carbocycles. The number of hydrogen-bond donors (Lipinski definition) is 1. The van der Waals surface area contributed by atoms with Gasteiger partial charge in [-0.15, -0.1) is 0 Å². The molecule has 0 spiro atoms. The van der Waals surface area contributed by atoms with Gasteiger partial charge in [-0.2, -0.15) is 0 Å². The molecule has 0 heterocycles. The lowest BCUT2D eigenvalue weighted by Crippen LogP contribution is -2.27. The van der Waals surface area contributed by atoms with Crippen molar-refractivity contribution in [3.05, 3.63) is 37.4 Å². The van der Waals surface area contributed by atoms with Crippen molar-refractivity contribution >= 4 is 28.3 Å². The van der Waals surface area contributed by atoms with Crippen LogP contribution in [0.15, 0.2) is 18.2 Å². The van der Waals surface area contributed by atoms with Gasteiger partial charge in [0.2, 0.25) is 0 Å². The maximum absolute atomic E-state index is 11.0. The number of likely N-dealkylation sites (N-methyl/N-ethyl adjacent to an activating group) is 1. The Kier molecular flexibility index (Phi) is 4.67. The lowest BCUT2D eigenvalue weighted by Gasteiger charge is -2.19. The van der Waals surface area contributed by atoms with E-state index in [0.29, 0.717) is 0 Å². The maximum Gasteiger partial charge on any atom is 0.273 e. The van der Waals surface area contributed by atoms with Crippen molar-refractivity contribution in [3.8, 4) is 0 Å². The highest BCUT2D eigenvalue weighted by atomic mass is 127. The van der Waals surface area contributed by atoms with E-state index in [2.05, 4.69) is 27.9 Å². The fraction of sp³-hybridized carbons (Fsp3) is 0.455. The number of benzene rings is 1. The third-order valence-corrected chi connectivity index (χ3v) is 3.56. The first-order valence-corrected chi connectivity index (χ1v) is 6.16. The molecule has 2 atom stereocenters. The molecule has 0 aliphatic carbocycles. The summed E-state index contributed by atoms with van der Waals surface area (Å²) in [6, 6.07) is 5.58. The molecular formula is C11H15IN2O2. The van der Waals surface area contributed by atoms with E-state index in [1.165, 1.54) is 0 Å². The summed E-state index contributed by atoms with van der Waals surface area (Å²) < 4.78 is 0.886. The van der Waals surface area contributed by atoms with Crippen LogP contribution in [0.25, 0.3) is 0 Å². The number of nitrogens with one attached hydrogen (secondary N) is 1. The molecule has 1 N–H and O–H groups in total. The van der Waals surface area contributed by atoms with Gasteiger partial charge >= 0.3 is 0 Å². The Balaban J connectivity index is 3.17. The number of nitro benzene ring substituents is 1.